The van der Waals surface area contributed by atoms with Crippen molar-refractivity contribution in [1.82, 2.24) is 14.9 Å². The molecule has 3 rings (SSSR count). The van der Waals surface area contributed by atoms with Crippen molar-refractivity contribution >= 4 is 39.1 Å². The van der Waals surface area contributed by atoms with Crippen LogP contribution in [-0.2, 0) is 14.8 Å². The van der Waals surface area contributed by atoms with Gasteiger partial charge in [-0.1, -0.05) is 0 Å². The lowest BCUT2D eigenvalue weighted by Gasteiger charge is -2.24. The maximum Gasteiger partial charge on any atom is 0.356 e. The molecule has 1 aliphatic rings. The molecule has 3 heterocycles. The van der Waals surface area contributed by atoms with Crippen LogP contribution < -0.4 is 4.31 Å². The molecular weight excluding hydrogens is 416 g/mol. The first kappa shape index (κ1) is 21.2. The molecule has 1 saturated heterocycles. The highest BCUT2D eigenvalue weighted by atomic mass is 32.2. The lowest BCUT2D eigenvalue weighted by atomic mass is 10.1. The third kappa shape index (κ3) is 4.40. The number of hydrogen-bond acceptors (Lipinski definition) is 8. The number of hydrogen-bond donors (Lipinski definition) is 0. The van der Waals surface area contributed by atoms with Crippen molar-refractivity contribution in [2.24, 2.45) is 0 Å². The van der Waals surface area contributed by atoms with E-state index in [0.29, 0.717) is 6.54 Å². The molecule has 0 saturated carbocycles. The van der Waals surface area contributed by atoms with Crippen LogP contribution in [0.25, 0.3) is 0 Å². The number of ether oxygens (including phenoxy) is 1. The van der Waals surface area contributed by atoms with Crippen LogP contribution in [0, 0.1) is 6.92 Å². The van der Waals surface area contributed by atoms with Crippen molar-refractivity contribution < 1.29 is 22.7 Å². The van der Waals surface area contributed by atoms with Gasteiger partial charge in [-0.05, 0) is 31.9 Å². The van der Waals surface area contributed by atoms with Crippen molar-refractivity contribution in [2.75, 3.05) is 31.3 Å². The Labute approximate surface area is 173 Å². The van der Waals surface area contributed by atoms with E-state index < -0.39 is 16.0 Å². The maximum atomic E-state index is 13.3. The Hall–Kier alpha value is -2.53. The van der Waals surface area contributed by atoms with Crippen LogP contribution in [0.5, 0.6) is 0 Å². The summed E-state index contributed by atoms with van der Waals surface area (Å²) in [5.41, 5.74) is 0.939. The quantitative estimate of drug-likeness (QED) is 0.657. The molecule has 1 unspecified atom stereocenters. The van der Waals surface area contributed by atoms with Crippen LogP contribution in [0.2, 0.25) is 0 Å². The first-order chi connectivity index (χ1) is 13.6. The molecule has 0 aliphatic carbocycles. The Morgan fingerprint density at radius 1 is 1.31 bits per heavy atom. The summed E-state index contributed by atoms with van der Waals surface area (Å²) < 4.78 is 29.5. The third-order valence-corrected chi connectivity index (χ3v) is 6.95. The number of amides is 1. The summed E-state index contributed by atoms with van der Waals surface area (Å²) in [5, 5.41) is 2.81. The van der Waals surface area contributed by atoms with E-state index in [-0.39, 0.29) is 29.0 Å². The number of nitrogens with zero attached hydrogens (tertiary/aromatic N) is 4. The van der Waals surface area contributed by atoms with E-state index in [4.69, 9.17) is 4.74 Å². The first-order valence-corrected chi connectivity index (χ1v) is 11.6. The molecule has 2 aromatic heterocycles. The van der Waals surface area contributed by atoms with Gasteiger partial charge in [-0.2, -0.15) is 0 Å². The predicted molar refractivity (Wildman–Crippen MR) is 109 cm³/mol. The Kier molecular flexibility index (Phi) is 5.90. The fourth-order valence-electron chi connectivity index (χ4n) is 3.14. The number of pyridine rings is 1. The molecule has 0 aromatic carbocycles. The smallest absolute Gasteiger partial charge is 0.356 e. The van der Waals surface area contributed by atoms with Crippen molar-refractivity contribution in [3.05, 3.63) is 39.5 Å². The Bertz CT molecular complexity index is 1050. The van der Waals surface area contributed by atoms with Gasteiger partial charge in [0.2, 0.25) is 10.0 Å². The number of carbonyl (C=O) groups is 2. The number of methoxy groups -OCH3 is 1. The highest BCUT2D eigenvalue weighted by Gasteiger charge is 2.33. The lowest BCUT2D eigenvalue weighted by molar-refractivity contribution is 0.0594. The van der Waals surface area contributed by atoms with E-state index in [2.05, 4.69) is 9.97 Å². The number of esters is 1. The number of carbonyl (C=O) groups excluding carboxylic acids is 2. The minimum atomic E-state index is -3.63. The largest absolute Gasteiger partial charge is 0.464 e. The molecule has 29 heavy (non-hydrogen) atoms. The van der Waals surface area contributed by atoms with Crippen LogP contribution in [0.15, 0.2) is 17.5 Å². The molecule has 1 amide bonds. The highest BCUT2D eigenvalue weighted by molar-refractivity contribution is 7.92. The van der Waals surface area contributed by atoms with Crippen LogP contribution >= 0.6 is 11.3 Å². The fourth-order valence-corrected chi connectivity index (χ4v) is 4.51. The lowest BCUT2D eigenvalue weighted by Crippen LogP contribution is -2.32. The van der Waals surface area contributed by atoms with Crippen LogP contribution in [0.1, 0.15) is 50.4 Å². The molecule has 156 valence electrons. The zero-order valence-electron chi connectivity index (χ0n) is 16.6. The number of likely N-dealkylation sites (tertiary alicyclic amines) is 1. The Morgan fingerprint density at radius 3 is 2.62 bits per heavy atom. The predicted octanol–water partition coefficient (Wildman–Crippen LogP) is 2.01. The van der Waals surface area contributed by atoms with Gasteiger partial charge in [-0.15, -0.1) is 11.3 Å². The van der Waals surface area contributed by atoms with E-state index in [0.717, 1.165) is 34.1 Å². The number of aryl methyl sites for hydroxylation is 1. The SMILES string of the molecule is COC(=O)c1cc(C(=O)N2CCCC2c2nc(C)cs2)cc(N(C)S(C)(=O)=O)n1. The normalized spacial score (nSPS) is 16.7. The molecule has 0 bridgehead atoms. The van der Waals surface area contributed by atoms with Crippen molar-refractivity contribution in [3.8, 4) is 0 Å². The fraction of sp³-hybridized carbons (Fsp3) is 0.444. The molecule has 0 spiro atoms. The first-order valence-electron chi connectivity index (χ1n) is 8.89. The van der Waals surface area contributed by atoms with Gasteiger partial charge in [0.1, 0.15) is 10.8 Å². The summed E-state index contributed by atoms with van der Waals surface area (Å²) in [6.45, 7) is 2.45. The molecular formula is C18H22N4O5S2. The molecule has 1 aliphatic heterocycles. The number of rotatable bonds is 5. The standard InChI is InChI=1S/C18H22N4O5S2/c1-11-10-28-16(19-11)14-6-5-7-22(14)17(23)12-8-13(18(24)27-3)20-15(9-12)21(2)29(4,25)26/h8-10,14H,5-7H2,1-4H3. The summed E-state index contributed by atoms with van der Waals surface area (Å²) in [6, 6.07) is 2.56. The highest BCUT2D eigenvalue weighted by Crippen LogP contribution is 2.35. The molecule has 0 radical (unpaired) electrons. The van der Waals surface area contributed by atoms with Crippen molar-refractivity contribution in [2.45, 2.75) is 25.8 Å². The number of thiazole rings is 1. The van der Waals surface area contributed by atoms with E-state index in [1.165, 1.54) is 37.6 Å². The maximum absolute atomic E-state index is 13.3. The minimum Gasteiger partial charge on any atom is -0.464 e. The average Bonchev–Trinajstić information content (AvgIpc) is 3.33. The minimum absolute atomic E-state index is 0.0282. The summed E-state index contributed by atoms with van der Waals surface area (Å²) >= 11 is 1.51. The second-order valence-corrected chi connectivity index (χ2v) is 9.71. The van der Waals surface area contributed by atoms with Crippen molar-refractivity contribution in [1.29, 1.82) is 0 Å². The number of aromatic nitrogens is 2. The van der Waals surface area contributed by atoms with Crippen molar-refractivity contribution in [3.63, 3.8) is 0 Å². The summed E-state index contributed by atoms with van der Waals surface area (Å²) in [4.78, 5) is 35.6. The number of sulfonamides is 1. The Morgan fingerprint density at radius 2 is 2.03 bits per heavy atom. The van der Waals surface area contributed by atoms with E-state index in [1.807, 2.05) is 12.3 Å². The van der Waals surface area contributed by atoms with E-state index in [9.17, 15) is 18.0 Å². The monoisotopic (exact) mass is 438 g/mol. The molecule has 1 atom stereocenters. The van der Waals surface area contributed by atoms with Gasteiger partial charge in [-0.3, -0.25) is 9.10 Å². The molecule has 2 aromatic rings. The summed E-state index contributed by atoms with van der Waals surface area (Å²) in [5.74, 6) is -1.09. The molecule has 0 N–H and O–H groups in total. The van der Waals surface area contributed by atoms with Gasteiger partial charge in [0.15, 0.2) is 5.69 Å². The van der Waals surface area contributed by atoms with Crippen LogP contribution in [0.3, 0.4) is 0 Å². The second kappa shape index (κ2) is 8.07. The third-order valence-electron chi connectivity index (χ3n) is 4.71. The van der Waals surface area contributed by atoms with Gasteiger partial charge in [0.05, 0.1) is 19.4 Å². The van der Waals surface area contributed by atoms with Gasteiger partial charge in [0, 0.05) is 30.2 Å². The molecule has 11 heteroatoms. The second-order valence-electron chi connectivity index (χ2n) is 6.81. The Balaban J connectivity index is 2.02. The van der Waals surface area contributed by atoms with E-state index >= 15 is 0 Å². The van der Waals surface area contributed by atoms with Gasteiger partial charge in [0.25, 0.3) is 5.91 Å². The van der Waals surface area contributed by atoms with Gasteiger partial charge < -0.3 is 9.64 Å². The number of anilines is 1. The molecule has 1 fully saturated rings. The zero-order valence-corrected chi connectivity index (χ0v) is 18.2. The zero-order chi connectivity index (χ0) is 21.3. The summed E-state index contributed by atoms with van der Waals surface area (Å²) in [6.07, 6.45) is 2.64. The van der Waals surface area contributed by atoms with Crippen LogP contribution in [0.4, 0.5) is 5.82 Å². The average molecular weight is 439 g/mol. The van der Waals surface area contributed by atoms with Gasteiger partial charge in [-0.25, -0.2) is 23.2 Å². The van der Waals surface area contributed by atoms with Crippen LogP contribution in [-0.4, -0.2) is 62.1 Å². The van der Waals surface area contributed by atoms with E-state index in [1.54, 1.807) is 4.90 Å². The molecule has 9 nitrogen and oxygen atoms in total. The summed E-state index contributed by atoms with van der Waals surface area (Å²) in [7, 11) is -1.13. The van der Waals surface area contributed by atoms with Gasteiger partial charge >= 0.3 is 5.97 Å². The topological polar surface area (TPSA) is 110 Å².